The Morgan fingerprint density at radius 2 is 2.37 bits per heavy atom. The number of rotatable bonds is 3. The van der Waals surface area contributed by atoms with Gasteiger partial charge in [-0.1, -0.05) is 11.3 Å². The highest BCUT2D eigenvalue weighted by Crippen LogP contribution is 2.28. The molecule has 1 aliphatic heterocycles. The summed E-state index contributed by atoms with van der Waals surface area (Å²) in [5, 5.41) is 3.08. The van der Waals surface area contributed by atoms with E-state index in [1.165, 1.54) is 11.3 Å². The van der Waals surface area contributed by atoms with Gasteiger partial charge in [0.25, 0.3) is 0 Å². The zero-order valence-corrected chi connectivity index (χ0v) is 12.0. The summed E-state index contributed by atoms with van der Waals surface area (Å²) >= 11 is 6.91. The van der Waals surface area contributed by atoms with Crippen LogP contribution in [0.5, 0.6) is 0 Å². The van der Waals surface area contributed by atoms with Crippen molar-refractivity contribution in [2.75, 3.05) is 24.3 Å². The zero-order valence-electron chi connectivity index (χ0n) is 10.4. The van der Waals surface area contributed by atoms with Gasteiger partial charge in [-0.05, 0) is 6.92 Å². The summed E-state index contributed by atoms with van der Waals surface area (Å²) in [6, 6.07) is 0. The van der Waals surface area contributed by atoms with Crippen LogP contribution in [0.2, 0.25) is 0 Å². The van der Waals surface area contributed by atoms with Gasteiger partial charge in [-0.25, -0.2) is 9.78 Å². The fraction of sp³-hybridized carbons (Fsp3) is 0.545. The first-order chi connectivity index (χ1) is 9.13. The van der Waals surface area contributed by atoms with E-state index >= 15 is 0 Å². The molecule has 2 amide bonds. The van der Waals surface area contributed by atoms with Gasteiger partial charge in [-0.15, -0.1) is 11.6 Å². The van der Waals surface area contributed by atoms with E-state index in [4.69, 9.17) is 16.3 Å². The average Bonchev–Trinajstić information content (AvgIpc) is 2.78. The highest BCUT2D eigenvalue weighted by Gasteiger charge is 2.24. The van der Waals surface area contributed by atoms with Crippen LogP contribution in [0, 0.1) is 0 Å². The number of alkyl halides is 1. The van der Waals surface area contributed by atoms with E-state index < -0.39 is 6.09 Å². The van der Waals surface area contributed by atoms with Crippen molar-refractivity contribution in [1.82, 2.24) is 9.88 Å². The lowest BCUT2D eigenvalue weighted by atomic mass is 10.2. The van der Waals surface area contributed by atoms with E-state index in [1.54, 1.807) is 11.8 Å². The van der Waals surface area contributed by atoms with Crippen molar-refractivity contribution in [1.29, 1.82) is 0 Å². The second-order valence-electron chi connectivity index (χ2n) is 3.93. The number of ether oxygens (including phenoxy) is 1. The number of hydrogen-bond acceptors (Lipinski definition) is 5. The molecular weight excluding hydrogens is 290 g/mol. The van der Waals surface area contributed by atoms with Crippen molar-refractivity contribution >= 4 is 40.1 Å². The fourth-order valence-corrected chi connectivity index (χ4v) is 2.98. The van der Waals surface area contributed by atoms with Crippen LogP contribution in [-0.4, -0.2) is 40.9 Å². The summed E-state index contributed by atoms with van der Waals surface area (Å²) in [4.78, 5) is 29.8. The Kier molecular flexibility index (Phi) is 4.60. The van der Waals surface area contributed by atoms with Crippen molar-refractivity contribution in [2.24, 2.45) is 0 Å². The lowest BCUT2D eigenvalue weighted by Crippen LogP contribution is -2.36. The SMILES string of the molecule is CCOC(=O)Nc1nc2c(s1)CN(C(=O)CCl)CC2. The van der Waals surface area contributed by atoms with E-state index in [0.717, 1.165) is 10.6 Å². The van der Waals surface area contributed by atoms with Gasteiger partial charge in [-0.3, -0.25) is 10.1 Å². The van der Waals surface area contributed by atoms with Gasteiger partial charge in [0.2, 0.25) is 5.91 Å². The molecule has 0 spiro atoms. The zero-order chi connectivity index (χ0) is 13.8. The van der Waals surface area contributed by atoms with E-state index in [-0.39, 0.29) is 11.8 Å². The van der Waals surface area contributed by atoms with E-state index in [2.05, 4.69) is 10.3 Å². The Morgan fingerprint density at radius 3 is 3.05 bits per heavy atom. The lowest BCUT2D eigenvalue weighted by molar-refractivity contribution is -0.129. The molecular formula is C11H14ClN3O3S. The number of carbonyl (C=O) groups is 2. The highest BCUT2D eigenvalue weighted by molar-refractivity contribution is 7.15. The minimum atomic E-state index is -0.512. The molecule has 0 aliphatic carbocycles. The smallest absolute Gasteiger partial charge is 0.413 e. The van der Waals surface area contributed by atoms with Crippen molar-refractivity contribution in [3.63, 3.8) is 0 Å². The van der Waals surface area contributed by atoms with Crippen LogP contribution in [0.25, 0.3) is 0 Å². The highest BCUT2D eigenvalue weighted by atomic mass is 35.5. The molecule has 6 nitrogen and oxygen atoms in total. The van der Waals surface area contributed by atoms with Crippen LogP contribution in [0.15, 0.2) is 0 Å². The van der Waals surface area contributed by atoms with Crippen molar-refractivity contribution in [3.05, 3.63) is 10.6 Å². The molecule has 0 atom stereocenters. The number of aromatic nitrogens is 1. The number of nitrogens with one attached hydrogen (secondary N) is 1. The van der Waals surface area contributed by atoms with Gasteiger partial charge >= 0.3 is 6.09 Å². The number of nitrogens with zero attached hydrogens (tertiary/aromatic N) is 2. The number of carbonyl (C=O) groups excluding carboxylic acids is 2. The quantitative estimate of drug-likeness (QED) is 0.865. The number of fused-ring (bicyclic) bond motifs is 1. The summed E-state index contributed by atoms with van der Waals surface area (Å²) in [6.45, 7) is 3.17. The molecule has 0 radical (unpaired) electrons. The van der Waals surface area contributed by atoms with Gasteiger partial charge in [0.05, 0.1) is 18.8 Å². The summed E-state index contributed by atoms with van der Waals surface area (Å²) in [7, 11) is 0. The van der Waals surface area contributed by atoms with Crippen molar-refractivity contribution in [3.8, 4) is 0 Å². The Labute approximate surface area is 119 Å². The Bertz CT molecular complexity index is 492. The van der Waals surface area contributed by atoms with Crippen LogP contribution in [0.4, 0.5) is 9.93 Å². The van der Waals surface area contributed by atoms with Gasteiger partial charge in [0.15, 0.2) is 5.13 Å². The second kappa shape index (κ2) is 6.21. The van der Waals surface area contributed by atoms with Gasteiger partial charge < -0.3 is 9.64 Å². The van der Waals surface area contributed by atoms with Crippen LogP contribution in [0.3, 0.4) is 0 Å². The lowest BCUT2D eigenvalue weighted by Gasteiger charge is -2.25. The standard InChI is InChI=1S/C11H14ClN3O3S/c1-2-18-11(17)14-10-13-7-3-4-15(9(16)5-12)6-8(7)19-10/h2-6H2,1H3,(H,13,14,17). The molecule has 1 aromatic rings. The number of anilines is 1. The molecule has 1 N–H and O–H groups in total. The Balaban J connectivity index is 2.04. The fourth-order valence-electron chi connectivity index (χ4n) is 1.80. The normalized spacial score (nSPS) is 13.9. The first kappa shape index (κ1) is 14.1. The average molecular weight is 304 g/mol. The summed E-state index contributed by atoms with van der Waals surface area (Å²) in [5.41, 5.74) is 0.926. The summed E-state index contributed by atoms with van der Waals surface area (Å²) in [6.07, 6.45) is 0.168. The molecule has 8 heteroatoms. The maximum Gasteiger partial charge on any atom is 0.413 e. The predicted octanol–water partition coefficient (Wildman–Crippen LogP) is 1.84. The largest absolute Gasteiger partial charge is 0.450 e. The van der Waals surface area contributed by atoms with Gasteiger partial charge in [0, 0.05) is 17.8 Å². The van der Waals surface area contributed by atoms with Crippen molar-refractivity contribution in [2.45, 2.75) is 19.9 Å². The van der Waals surface area contributed by atoms with Crippen molar-refractivity contribution < 1.29 is 14.3 Å². The molecule has 2 rings (SSSR count). The van der Waals surface area contributed by atoms with Gasteiger partial charge in [-0.2, -0.15) is 0 Å². The third-order valence-electron chi connectivity index (χ3n) is 2.68. The maximum atomic E-state index is 11.5. The number of amides is 2. The van der Waals surface area contributed by atoms with Crippen LogP contribution < -0.4 is 5.32 Å². The third kappa shape index (κ3) is 3.36. The number of hydrogen-bond donors (Lipinski definition) is 1. The first-order valence-corrected chi connectivity index (χ1v) is 7.25. The van der Waals surface area contributed by atoms with Gasteiger partial charge in [0.1, 0.15) is 5.88 Å². The van der Waals surface area contributed by atoms with Crippen LogP contribution >= 0.6 is 22.9 Å². The Hall–Kier alpha value is -1.34. The van der Waals surface area contributed by atoms with Crippen LogP contribution in [-0.2, 0) is 22.5 Å². The monoisotopic (exact) mass is 303 g/mol. The van der Waals surface area contributed by atoms with E-state index in [1.807, 2.05) is 0 Å². The molecule has 0 saturated carbocycles. The molecule has 104 valence electrons. The molecule has 1 aromatic heterocycles. The molecule has 2 heterocycles. The molecule has 19 heavy (non-hydrogen) atoms. The second-order valence-corrected chi connectivity index (χ2v) is 5.28. The van der Waals surface area contributed by atoms with E-state index in [9.17, 15) is 9.59 Å². The van der Waals surface area contributed by atoms with E-state index in [0.29, 0.717) is 31.2 Å². The minimum absolute atomic E-state index is 0.0118. The molecule has 0 bridgehead atoms. The van der Waals surface area contributed by atoms with Crippen LogP contribution in [0.1, 0.15) is 17.5 Å². The number of halogens is 1. The Morgan fingerprint density at radius 1 is 1.58 bits per heavy atom. The predicted molar refractivity (Wildman–Crippen MR) is 72.6 cm³/mol. The third-order valence-corrected chi connectivity index (χ3v) is 3.91. The number of thiazole rings is 1. The molecule has 0 unspecified atom stereocenters. The molecule has 0 aromatic carbocycles. The summed E-state index contributed by atoms with van der Waals surface area (Å²) < 4.78 is 4.79. The molecule has 0 fully saturated rings. The minimum Gasteiger partial charge on any atom is -0.450 e. The topological polar surface area (TPSA) is 71.5 Å². The molecule has 1 aliphatic rings. The maximum absolute atomic E-state index is 11.5. The first-order valence-electron chi connectivity index (χ1n) is 5.90. The molecule has 0 saturated heterocycles. The summed E-state index contributed by atoms with van der Waals surface area (Å²) in [5.74, 6) is -0.0946.